The Hall–Kier alpha value is -3.55. The van der Waals surface area contributed by atoms with Gasteiger partial charge in [0.25, 0.3) is 0 Å². The second-order valence-electron chi connectivity index (χ2n) is 7.07. The maximum Gasteiger partial charge on any atom is 0.248 e. The van der Waals surface area contributed by atoms with Gasteiger partial charge in [-0.25, -0.2) is 0 Å². The Balaban J connectivity index is 0.000000533. The SMILES string of the molecule is CC.CC.CC.c1ccc(C2Nc3nnnn3-c3ccc(C4(c5ccccc5)OCO4)cc32)cc1. The summed E-state index contributed by atoms with van der Waals surface area (Å²) >= 11 is 0. The molecular formula is C28H35N5O2. The Kier molecular flexibility index (Phi) is 9.11. The number of benzene rings is 3. The molecule has 7 heteroatoms. The zero-order valence-electron chi connectivity index (χ0n) is 21.4. The Morgan fingerprint density at radius 2 is 1.43 bits per heavy atom. The number of tetrazole rings is 1. The largest absolute Gasteiger partial charge is 0.342 e. The molecule has 4 aromatic rings. The van der Waals surface area contributed by atoms with Gasteiger partial charge in [0, 0.05) is 16.7 Å². The van der Waals surface area contributed by atoms with Crippen molar-refractivity contribution < 1.29 is 9.47 Å². The van der Waals surface area contributed by atoms with Crippen molar-refractivity contribution in [3.05, 3.63) is 101 Å². The van der Waals surface area contributed by atoms with Gasteiger partial charge in [-0.1, -0.05) is 113 Å². The minimum atomic E-state index is -0.890. The van der Waals surface area contributed by atoms with Gasteiger partial charge in [0.05, 0.1) is 11.7 Å². The molecule has 3 aromatic carbocycles. The van der Waals surface area contributed by atoms with E-state index in [9.17, 15) is 0 Å². The van der Waals surface area contributed by atoms with E-state index in [0.717, 1.165) is 27.9 Å². The quantitative estimate of drug-likeness (QED) is 0.368. The Labute approximate surface area is 208 Å². The third-order valence-corrected chi connectivity index (χ3v) is 5.50. The molecule has 0 aliphatic carbocycles. The summed E-state index contributed by atoms with van der Waals surface area (Å²) < 4.78 is 13.7. The number of hydrogen-bond donors (Lipinski definition) is 1. The highest BCUT2D eigenvalue weighted by Gasteiger charge is 2.44. The molecule has 0 spiro atoms. The molecule has 1 atom stereocenters. The molecule has 2 aliphatic rings. The first kappa shape index (κ1) is 26.1. The van der Waals surface area contributed by atoms with E-state index in [-0.39, 0.29) is 12.8 Å². The lowest BCUT2D eigenvalue weighted by Gasteiger charge is -2.42. The molecule has 0 radical (unpaired) electrons. The zero-order chi connectivity index (χ0) is 25.3. The van der Waals surface area contributed by atoms with Crippen molar-refractivity contribution in [2.45, 2.75) is 53.4 Å². The molecule has 0 amide bonds. The van der Waals surface area contributed by atoms with Crippen molar-refractivity contribution in [1.29, 1.82) is 0 Å². The van der Waals surface area contributed by atoms with E-state index in [1.165, 1.54) is 0 Å². The van der Waals surface area contributed by atoms with Crippen LogP contribution in [0.4, 0.5) is 5.95 Å². The Morgan fingerprint density at radius 1 is 0.800 bits per heavy atom. The molecule has 1 aromatic heterocycles. The Bertz CT molecular complexity index is 1170. The second kappa shape index (κ2) is 12.2. The van der Waals surface area contributed by atoms with Crippen LogP contribution in [-0.2, 0) is 15.3 Å². The van der Waals surface area contributed by atoms with E-state index in [1.54, 1.807) is 4.68 Å². The number of aromatic nitrogens is 4. The minimum Gasteiger partial charge on any atom is -0.342 e. The van der Waals surface area contributed by atoms with Gasteiger partial charge in [-0.15, -0.1) is 0 Å². The van der Waals surface area contributed by atoms with Crippen LogP contribution in [0.5, 0.6) is 0 Å². The molecule has 7 nitrogen and oxygen atoms in total. The molecule has 1 N–H and O–H groups in total. The first-order chi connectivity index (χ1) is 17.4. The van der Waals surface area contributed by atoms with E-state index < -0.39 is 5.79 Å². The van der Waals surface area contributed by atoms with Gasteiger partial charge in [-0.2, -0.15) is 4.68 Å². The molecule has 3 heterocycles. The monoisotopic (exact) mass is 473 g/mol. The van der Waals surface area contributed by atoms with Crippen LogP contribution in [0.1, 0.15) is 69.8 Å². The van der Waals surface area contributed by atoms with Crippen LogP contribution in [0.15, 0.2) is 78.9 Å². The van der Waals surface area contributed by atoms with Crippen LogP contribution in [0.2, 0.25) is 0 Å². The minimum absolute atomic E-state index is 0.0856. The number of rotatable bonds is 3. The first-order valence-electron chi connectivity index (χ1n) is 12.4. The van der Waals surface area contributed by atoms with Crippen LogP contribution in [0.3, 0.4) is 0 Å². The highest BCUT2D eigenvalue weighted by atomic mass is 16.9. The average molecular weight is 474 g/mol. The third kappa shape index (κ3) is 4.83. The predicted octanol–water partition coefficient (Wildman–Crippen LogP) is 6.46. The summed E-state index contributed by atoms with van der Waals surface area (Å²) in [5.41, 5.74) is 5.03. The number of fused-ring (bicyclic) bond motifs is 3. The second-order valence-corrected chi connectivity index (χ2v) is 7.07. The average Bonchev–Trinajstić information content (AvgIpc) is 3.41. The highest BCUT2D eigenvalue weighted by Crippen LogP contribution is 2.44. The van der Waals surface area contributed by atoms with Crippen molar-refractivity contribution in [3.63, 3.8) is 0 Å². The first-order valence-corrected chi connectivity index (χ1v) is 12.4. The van der Waals surface area contributed by atoms with Crippen molar-refractivity contribution >= 4 is 5.95 Å². The summed E-state index contributed by atoms with van der Waals surface area (Å²) in [6.07, 6.45) is 0. The van der Waals surface area contributed by atoms with Crippen molar-refractivity contribution in [3.8, 4) is 5.69 Å². The van der Waals surface area contributed by atoms with Gasteiger partial charge in [0.1, 0.15) is 0 Å². The maximum atomic E-state index is 5.99. The van der Waals surface area contributed by atoms with Crippen LogP contribution < -0.4 is 5.32 Å². The summed E-state index contributed by atoms with van der Waals surface area (Å²) in [5.74, 6) is -0.272. The van der Waals surface area contributed by atoms with E-state index >= 15 is 0 Å². The smallest absolute Gasteiger partial charge is 0.248 e. The topological polar surface area (TPSA) is 74.1 Å². The fourth-order valence-corrected chi connectivity index (χ4v) is 4.07. The van der Waals surface area contributed by atoms with Gasteiger partial charge in [-0.3, -0.25) is 0 Å². The number of anilines is 1. The maximum absolute atomic E-state index is 5.99. The summed E-state index contributed by atoms with van der Waals surface area (Å²) in [7, 11) is 0. The third-order valence-electron chi connectivity index (χ3n) is 5.50. The molecule has 1 fully saturated rings. The number of nitrogens with one attached hydrogen (secondary N) is 1. The van der Waals surface area contributed by atoms with Crippen LogP contribution in [0, 0.1) is 0 Å². The summed E-state index contributed by atoms with van der Waals surface area (Å²) in [6, 6.07) is 26.3. The molecule has 0 saturated carbocycles. The zero-order valence-corrected chi connectivity index (χ0v) is 21.4. The summed E-state index contributed by atoms with van der Waals surface area (Å²) in [4.78, 5) is 0. The van der Waals surface area contributed by atoms with Gasteiger partial charge >= 0.3 is 0 Å². The van der Waals surface area contributed by atoms with Gasteiger partial charge < -0.3 is 14.8 Å². The molecule has 0 bridgehead atoms. The molecule has 35 heavy (non-hydrogen) atoms. The molecule has 1 unspecified atom stereocenters. The van der Waals surface area contributed by atoms with Crippen LogP contribution >= 0.6 is 0 Å². The summed E-state index contributed by atoms with van der Waals surface area (Å²) in [5, 5.41) is 15.5. The van der Waals surface area contributed by atoms with Gasteiger partial charge in [0.2, 0.25) is 11.7 Å². The predicted molar refractivity (Wildman–Crippen MR) is 139 cm³/mol. The van der Waals surface area contributed by atoms with E-state index in [2.05, 4.69) is 39.0 Å². The molecule has 6 rings (SSSR count). The van der Waals surface area contributed by atoms with Gasteiger partial charge in [0.15, 0.2) is 6.79 Å². The lowest BCUT2D eigenvalue weighted by molar-refractivity contribution is -0.386. The number of ether oxygens (including phenoxy) is 2. The molecule has 184 valence electrons. The van der Waals surface area contributed by atoms with Crippen molar-refractivity contribution in [2.75, 3.05) is 12.1 Å². The fourth-order valence-electron chi connectivity index (χ4n) is 4.07. The standard InChI is InChI=1S/C22H17N5O2.3C2H6/c1-3-7-15(8-4-1)20-18-13-17(11-12-19(18)27-21(23-20)24-25-26-27)22(28-14-29-22)16-9-5-2-6-10-16;3*1-2/h1-13,20H,14H2,(H,23,24,26);3*1-2H3. The van der Waals surface area contributed by atoms with Crippen LogP contribution in [0.25, 0.3) is 5.69 Å². The van der Waals surface area contributed by atoms with E-state index in [4.69, 9.17) is 9.47 Å². The van der Waals surface area contributed by atoms with Gasteiger partial charge in [-0.05, 0) is 28.1 Å². The molecular weight excluding hydrogens is 438 g/mol. The Morgan fingerprint density at radius 3 is 2.03 bits per heavy atom. The van der Waals surface area contributed by atoms with E-state index in [1.807, 2.05) is 102 Å². The normalized spacial score (nSPS) is 16.1. The summed E-state index contributed by atoms with van der Waals surface area (Å²) in [6.45, 7) is 12.3. The highest BCUT2D eigenvalue weighted by molar-refractivity contribution is 5.59. The number of hydrogen-bond acceptors (Lipinski definition) is 6. The van der Waals surface area contributed by atoms with Crippen LogP contribution in [-0.4, -0.2) is 27.0 Å². The van der Waals surface area contributed by atoms with Crippen molar-refractivity contribution in [1.82, 2.24) is 20.2 Å². The van der Waals surface area contributed by atoms with E-state index in [0.29, 0.717) is 5.95 Å². The van der Waals surface area contributed by atoms with Crippen molar-refractivity contribution in [2.24, 2.45) is 0 Å². The number of nitrogens with zero attached hydrogens (tertiary/aromatic N) is 4. The fraction of sp³-hybridized carbons (Fsp3) is 0.321. The lowest BCUT2D eigenvalue weighted by atomic mass is 9.89. The lowest BCUT2D eigenvalue weighted by Crippen LogP contribution is -2.45. The molecule has 1 saturated heterocycles. The molecule has 2 aliphatic heterocycles.